The molecule has 26 heavy (non-hydrogen) atoms. The highest BCUT2D eigenvalue weighted by molar-refractivity contribution is 5.78. The number of hydrogen-bond acceptors (Lipinski definition) is 4. The van der Waals surface area contributed by atoms with Crippen LogP contribution in [0.25, 0.3) is 0 Å². The molecular weight excluding hydrogens is 328 g/mol. The number of amides is 1. The molecule has 3 aliphatic rings. The molecule has 2 aliphatic heterocycles. The fourth-order valence-corrected chi connectivity index (χ4v) is 4.56. The van der Waals surface area contributed by atoms with Crippen LogP contribution in [-0.4, -0.2) is 61.6 Å². The smallest absolute Gasteiger partial charge is 0.222 e. The largest absolute Gasteiger partial charge is 0.497 e. The van der Waals surface area contributed by atoms with Gasteiger partial charge in [-0.25, -0.2) is 0 Å². The molecular formula is C21H30N2O3. The fraction of sp³-hybridized carbons (Fsp3) is 0.667. The van der Waals surface area contributed by atoms with Crippen LogP contribution in [0.15, 0.2) is 24.3 Å². The Labute approximate surface area is 156 Å². The van der Waals surface area contributed by atoms with Crippen LogP contribution in [0.4, 0.5) is 0 Å². The summed E-state index contributed by atoms with van der Waals surface area (Å²) in [6, 6.07) is 8.31. The molecule has 1 saturated carbocycles. The summed E-state index contributed by atoms with van der Waals surface area (Å²) in [7, 11) is 1.67. The van der Waals surface area contributed by atoms with Crippen molar-refractivity contribution in [1.82, 2.24) is 9.80 Å². The number of methoxy groups -OCH3 is 1. The van der Waals surface area contributed by atoms with Gasteiger partial charge in [-0.2, -0.15) is 0 Å². The van der Waals surface area contributed by atoms with Crippen molar-refractivity contribution in [3.8, 4) is 11.5 Å². The number of carbonyl (C=O) groups excluding carboxylic acids is 1. The number of piperidine rings is 2. The summed E-state index contributed by atoms with van der Waals surface area (Å²) < 4.78 is 11.1. The van der Waals surface area contributed by atoms with Gasteiger partial charge in [0.1, 0.15) is 18.1 Å². The number of benzene rings is 1. The minimum absolute atomic E-state index is 0.314. The van der Waals surface area contributed by atoms with Gasteiger partial charge in [-0.05, 0) is 62.9 Å². The first kappa shape index (κ1) is 17.7. The van der Waals surface area contributed by atoms with Crippen LogP contribution in [0.2, 0.25) is 0 Å². The average molecular weight is 358 g/mol. The predicted octanol–water partition coefficient (Wildman–Crippen LogP) is 2.94. The zero-order valence-corrected chi connectivity index (χ0v) is 15.8. The Morgan fingerprint density at radius 3 is 2.62 bits per heavy atom. The predicted molar refractivity (Wildman–Crippen MR) is 101 cm³/mol. The van der Waals surface area contributed by atoms with E-state index >= 15 is 0 Å². The Balaban J connectivity index is 1.28. The zero-order chi connectivity index (χ0) is 18.0. The highest BCUT2D eigenvalue weighted by Crippen LogP contribution is 2.42. The first-order valence-electron chi connectivity index (χ1n) is 9.96. The topological polar surface area (TPSA) is 42.0 Å². The molecule has 1 spiro atoms. The van der Waals surface area contributed by atoms with Gasteiger partial charge in [0.05, 0.1) is 7.11 Å². The molecule has 0 aromatic heterocycles. The van der Waals surface area contributed by atoms with Crippen LogP contribution in [-0.2, 0) is 4.79 Å². The van der Waals surface area contributed by atoms with E-state index in [1.54, 1.807) is 7.11 Å². The van der Waals surface area contributed by atoms with E-state index in [1.165, 1.54) is 25.7 Å². The molecule has 5 heteroatoms. The molecule has 3 fully saturated rings. The molecule has 5 nitrogen and oxygen atoms in total. The summed E-state index contributed by atoms with van der Waals surface area (Å²) in [4.78, 5) is 17.0. The minimum atomic E-state index is 0.314. The molecule has 1 aromatic carbocycles. The number of likely N-dealkylation sites (tertiary alicyclic amines) is 2. The molecule has 1 aromatic rings. The summed E-state index contributed by atoms with van der Waals surface area (Å²) in [6.07, 6.45) is 6.72. The number of rotatable bonds is 6. The highest BCUT2D eigenvalue weighted by Gasteiger charge is 2.45. The van der Waals surface area contributed by atoms with Crippen molar-refractivity contribution < 1.29 is 14.3 Å². The zero-order valence-electron chi connectivity index (χ0n) is 15.8. The second kappa shape index (κ2) is 7.47. The number of ether oxygens (including phenoxy) is 2. The third-order valence-electron chi connectivity index (χ3n) is 6.16. The summed E-state index contributed by atoms with van der Waals surface area (Å²) >= 11 is 0. The van der Waals surface area contributed by atoms with Crippen molar-refractivity contribution in [2.24, 2.45) is 5.41 Å². The van der Waals surface area contributed by atoms with E-state index in [4.69, 9.17) is 9.47 Å². The maximum absolute atomic E-state index is 12.2. The lowest BCUT2D eigenvalue weighted by Gasteiger charge is -2.48. The number of carbonyl (C=O) groups is 1. The van der Waals surface area contributed by atoms with E-state index in [0.29, 0.717) is 24.0 Å². The van der Waals surface area contributed by atoms with Crippen molar-refractivity contribution >= 4 is 5.91 Å². The third kappa shape index (κ3) is 3.98. The first-order valence-corrected chi connectivity index (χ1v) is 9.96. The van der Waals surface area contributed by atoms with E-state index in [2.05, 4.69) is 9.80 Å². The SMILES string of the molecule is COc1ccc(OCCN2CCCC3(CCC(=O)N(C4CC4)C3)C2)cc1. The van der Waals surface area contributed by atoms with Crippen LogP contribution in [0.3, 0.4) is 0 Å². The van der Waals surface area contributed by atoms with Gasteiger partial charge in [-0.15, -0.1) is 0 Å². The maximum atomic E-state index is 12.2. The van der Waals surface area contributed by atoms with Gasteiger partial charge in [0.15, 0.2) is 0 Å². The van der Waals surface area contributed by atoms with E-state index in [-0.39, 0.29) is 0 Å². The minimum Gasteiger partial charge on any atom is -0.497 e. The van der Waals surface area contributed by atoms with Gasteiger partial charge in [0.2, 0.25) is 5.91 Å². The summed E-state index contributed by atoms with van der Waals surface area (Å²) in [6.45, 7) is 4.88. The van der Waals surface area contributed by atoms with Crippen molar-refractivity contribution in [1.29, 1.82) is 0 Å². The Morgan fingerprint density at radius 1 is 1.12 bits per heavy atom. The van der Waals surface area contributed by atoms with Crippen molar-refractivity contribution in [2.45, 2.75) is 44.6 Å². The second-order valence-corrected chi connectivity index (χ2v) is 8.16. The number of hydrogen-bond donors (Lipinski definition) is 0. The van der Waals surface area contributed by atoms with Gasteiger partial charge < -0.3 is 14.4 Å². The highest BCUT2D eigenvalue weighted by atomic mass is 16.5. The molecule has 2 heterocycles. The van der Waals surface area contributed by atoms with E-state index < -0.39 is 0 Å². The van der Waals surface area contributed by atoms with Crippen molar-refractivity contribution in [3.63, 3.8) is 0 Å². The summed E-state index contributed by atoms with van der Waals surface area (Å²) in [5, 5.41) is 0. The Morgan fingerprint density at radius 2 is 1.88 bits per heavy atom. The van der Waals surface area contributed by atoms with Gasteiger partial charge >= 0.3 is 0 Å². The Hall–Kier alpha value is -1.75. The lowest BCUT2D eigenvalue weighted by atomic mass is 9.73. The van der Waals surface area contributed by atoms with Gasteiger partial charge in [0.25, 0.3) is 0 Å². The first-order chi connectivity index (χ1) is 12.7. The molecule has 0 radical (unpaired) electrons. The van der Waals surface area contributed by atoms with Crippen LogP contribution in [0.1, 0.15) is 38.5 Å². The Kier molecular flexibility index (Phi) is 5.07. The van der Waals surface area contributed by atoms with Crippen molar-refractivity contribution in [2.75, 3.05) is 39.9 Å². The molecule has 4 rings (SSSR count). The quantitative estimate of drug-likeness (QED) is 0.784. The second-order valence-electron chi connectivity index (χ2n) is 8.16. The molecule has 2 saturated heterocycles. The third-order valence-corrected chi connectivity index (χ3v) is 6.16. The van der Waals surface area contributed by atoms with Crippen LogP contribution in [0.5, 0.6) is 11.5 Å². The van der Waals surface area contributed by atoms with Gasteiger partial charge in [-0.3, -0.25) is 9.69 Å². The molecule has 0 N–H and O–H groups in total. The van der Waals surface area contributed by atoms with E-state index in [0.717, 1.165) is 50.5 Å². The summed E-state index contributed by atoms with van der Waals surface area (Å²) in [5.74, 6) is 2.13. The lowest BCUT2D eigenvalue weighted by molar-refractivity contribution is -0.140. The van der Waals surface area contributed by atoms with Gasteiger partial charge in [-0.1, -0.05) is 0 Å². The molecule has 1 atom stereocenters. The number of nitrogens with zero attached hydrogens (tertiary/aromatic N) is 2. The lowest BCUT2D eigenvalue weighted by Crippen LogP contribution is -2.55. The molecule has 0 bridgehead atoms. The van der Waals surface area contributed by atoms with Crippen LogP contribution < -0.4 is 9.47 Å². The van der Waals surface area contributed by atoms with E-state index in [9.17, 15) is 4.79 Å². The maximum Gasteiger partial charge on any atom is 0.222 e. The van der Waals surface area contributed by atoms with E-state index in [1.807, 2.05) is 24.3 Å². The molecule has 1 aliphatic carbocycles. The molecule has 142 valence electrons. The normalized spacial score (nSPS) is 27.0. The Bertz CT molecular complexity index is 629. The monoisotopic (exact) mass is 358 g/mol. The van der Waals surface area contributed by atoms with Gasteiger partial charge in [0, 0.05) is 37.5 Å². The molecule has 1 unspecified atom stereocenters. The van der Waals surface area contributed by atoms with Crippen molar-refractivity contribution in [3.05, 3.63) is 24.3 Å². The summed E-state index contributed by atoms with van der Waals surface area (Å²) in [5.41, 5.74) is 0.314. The average Bonchev–Trinajstić information content (AvgIpc) is 3.50. The fourth-order valence-electron chi connectivity index (χ4n) is 4.56. The standard InChI is InChI=1S/C21H30N2O3/c1-25-18-5-7-19(8-6-18)26-14-13-22-12-2-10-21(15-22)11-9-20(24)23(16-21)17-3-4-17/h5-8,17H,2-4,9-16H2,1H3. The van der Waals surface area contributed by atoms with Crippen LogP contribution >= 0.6 is 0 Å². The molecule has 1 amide bonds. The van der Waals surface area contributed by atoms with Crippen LogP contribution in [0, 0.1) is 5.41 Å².